The van der Waals surface area contributed by atoms with Crippen LogP contribution in [0, 0.1) is 25.2 Å². The van der Waals surface area contributed by atoms with Crippen LogP contribution in [-0.2, 0) is 6.54 Å². The van der Waals surface area contributed by atoms with Crippen LogP contribution in [-0.4, -0.2) is 41.9 Å². The van der Waals surface area contributed by atoms with E-state index in [0.717, 1.165) is 43.2 Å². The fourth-order valence-corrected chi connectivity index (χ4v) is 3.98. The molecule has 0 spiro atoms. The molecule has 0 saturated carbocycles. The van der Waals surface area contributed by atoms with E-state index in [1.807, 2.05) is 49.1 Å². The zero-order valence-corrected chi connectivity index (χ0v) is 14.9. The molecule has 4 nitrogen and oxygen atoms in total. The fourth-order valence-electron chi connectivity index (χ4n) is 3.07. The van der Waals surface area contributed by atoms with Gasteiger partial charge in [-0.15, -0.1) is 11.3 Å². The van der Waals surface area contributed by atoms with Crippen LogP contribution < -0.4 is 0 Å². The number of thiophene rings is 1. The molecule has 1 aliphatic heterocycles. The molecule has 0 N–H and O–H groups in total. The lowest BCUT2D eigenvalue weighted by atomic mass is 10.1. The Morgan fingerprint density at radius 3 is 2.38 bits per heavy atom. The maximum Gasteiger partial charge on any atom is 0.255 e. The van der Waals surface area contributed by atoms with Crippen molar-refractivity contribution in [1.29, 1.82) is 5.26 Å². The number of nitriles is 1. The molecule has 1 fully saturated rings. The molecule has 1 aromatic heterocycles. The summed E-state index contributed by atoms with van der Waals surface area (Å²) in [6, 6.07) is 11.9. The largest absolute Gasteiger partial charge is 0.336 e. The lowest BCUT2D eigenvalue weighted by Crippen LogP contribution is -2.48. The summed E-state index contributed by atoms with van der Waals surface area (Å²) >= 11 is 1.69. The highest BCUT2D eigenvalue weighted by Gasteiger charge is 2.24. The molecule has 0 unspecified atom stereocenters. The van der Waals surface area contributed by atoms with Crippen molar-refractivity contribution in [2.75, 3.05) is 26.2 Å². The van der Waals surface area contributed by atoms with Gasteiger partial charge in [-0.25, -0.2) is 0 Å². The highest BCUT2D eigenvalue weighted by Crippen LogP contribution is 2.22. The Labute approximate surface area is 146 Å². The molecular formula is C19H21N3OS. The van der Waals surface area contributed by atoms with Crippen LogP contribution in [0.15, 0.2) is 30.3 Å². The summed E-state index contributed by atoms with van der Waals surface area (Å²) in [5, 5.41) is 8.85. The smallest absolute Gasteiger partial charge is 0.255 e. The van der Waals surface area contributed by atoms with Gasteiger partial charge in [0.25, 0.3) is 5.91 Å². The highest BCUT2D eigenvalue weighted by molar-refractivity contribution is 7.12. The lowest BCUT2D eigenvalue weighted by molar-refractivity contribution is 0.0628. The van der Waals surface area contributed by atoms with Crippen molar-refractivity contribution in [1.82, 2.24) is 9.80 Å². The van der Waals surface area contributed by atoms with Gasteiger partial charge >= 0.3 is 0 Å². The van der Waals surface area contributed by atoms with E-state index < -0.39 is 0 Å². The second-order valence-corrected chi connectivity index (χ2v) is 7.66. The second-order valence-electron chi connectivity index (χ2n) is 6.20. The third kappa shape index (κ3) is 3.66. The molecule has 1 saturated heterocycles. The molecule has 0 aliphatic carbocycles. The van der Waals surface area contributed by atoms with Crippen molar-refractivity contribution < 1.29 is 4.79 Å². The van der Waals surface area contributed by atoms with Crippen molar-refractivity contribution in [3.63, 3.8) is 0 Å². The number of carbonyl (C=O) groups is 1. The number of aryl methyl sites for hydroxylation is 2. The van der Waals surface area contributed by atoms with Gasteiger partial charge in [0.05, 0.1) is 17.2 Å². The van der Waals surface area contributed by atoms with Gasteiger partial charge in [-0.1, -0.05) is 12.1 Å². The number of hydrogen-bond donors (Lipinski definition) is 0. The Morgan fingerprint density at radius 2 is 1.83 bits per heavy atom. The maximum absolute atomic E-state index is 12.7. The quantitative estimate of drug-likeness (QED) is 0.863. The highest BCUT2D eigenvalue weighted by atomic mass is 32.1. The fraction of sp³-hybridized carbons (Fsp3) is 0.368. The van der Waals surface area contributed by atoms with Gasteiger partial charge in [0.15, 0.2) is 0 Å². The minimum atomic E-state index is 0.162. The minimum absolute atomic E-state index is 0.162. The molecule has 0 radical (unpaired) electrons. The van der Waals surface area contributed by atoms with Crippen LogP contribution in [0.1, 0.15) is 31.2 Å². The van der Waals surface area contributed by atoms with E-state index in [9.17, 15) is 4.79 Å². The first-order valence-electron chi connectivity index (χ1n) is 8.14. The zero-order chi connectivity index (χ0) is 17.1. The molecule has 2 aromatic rings. The monoisotopic (exact) mass is 339 g/mol. The Balaban J connectivity index is 1.56. The van der Waals surface area contributed by atoms with Gasteiger partial charge in [-0.2, -0.15) is 5.26 Å². The van der Waals surface area contributed by atoms with Gasteiger partial charge in [0, 0.05) is 42.5 Å². The van der Waals surface area contributed by atoms with Crippen LogP contribution in [0.3, 0.4) is 0 Å². The van der Waals surface area contributed by atoms with E-state index in [1.54, 1.807) is 11.3 Å². The predicted octanol–water partition coefficient (Wildman–Crippen LogP) is 3.19. The third-order valence-electron chi connectivity index (χ3n) is 4.42. The van der Waals surface area contributed by atoms with Crippen molar-refractivity contribution >= 4 is 17.2 Å². The standard InChI is InChI=1S/C19H21N3OS/c1-14-11-18(15(2)24-14)19(23)22-9-7-21(8-10-22)13-17-5-3-16(12-20)4-6-17/h3-6,11H,7-10,13H2,1-2H3. The van der Waals surface area contributed by atoms with E-state index in [1.165, 1.54) is 10.4 Å². The van der Waals surface area contributed by atoms with E-state index in [0.29, 0.717) is 5.56 Å². The van der Waals surface area contributed by atoms with E-state index in [4.69, 9.17) is 5.26 Å². The van der Waals surface area contributed by atoms with Crippen molar-refractivity contribution in [2.24, 2.45) is 0 Å². The number of piperazine rings is 1. The van der Waals surface area contributed by atoms with Crippen LogP contribution in [0.2, 0.25) is 0 Å². The van der Waals surface area contributed by atoms with Gasteiger partial charge < -0.3 is 4.90 Å². The number of benzene rings is 1. The molecule has 0 bridgehead atoms. The first kappa shape index (κ1) is 16.7. The molecule has 0 atom stereocenters. The SMILES string of the molecule is Cc1cc(C(=O)N2CCN(Cc3ccc(C#N)cc3)CC2)c(C)s1. The first-order valence-corrected chi connectivity index (χ1v) is 8.96. The average Bonchev–Trinajstić information content (AvgIpc) is 2.94. The van der Waals surface area contributed by atoms with Crippen LogP contribution in [0.4, 0.5) is 0 Å². The number of rotatable bonds is 3. The minimum Gasteiger partial charge on any atom is -0.336 e. The second kappa shape index (κ2) is 7.16. The van der Waals surface area contributed by atoms with Gasteiger partial charge in [0.1, 0.15) is 0 Å². The predicted molar refractivity (Wildman–Crippen MR) is 96.1 cm³/mol. The number of amides is 1. The van der Waals surface area contributed by atoms with Crippen molar-refractivity contribution in [3.05, 3.63) is 56.8 Å². The number of hydrogen-bond acceptors (Lipinski definition) is 4. The van der Waals surface area contributed by atoms with Crippen molar-refractivity contribution in [2.45, 2.75) is 20.4 Å². The van der Waals surface area contributed by atoms with Gasteiger partial charge in [0.2, 0.25) is 0 Å². The Morgan fingerprint density at radius 1 is 1.17 bits per heavy atom. The normalized spacial score (nSPS) is 15.3. The number of carbonyl (C=O) groups excluding carboxylic acids is 1. The molecule has 1 aliphatic rings. The first-order chi connectivity index (χ1) is 11.6. The molecule has 5 heteroatoms. The Bertz CT molecular complexity index is 765. The summed E-state index contributed by atoms with van der Waals surface area (Å²) in [5.41, 5.74) is 2.76. The van der Waals surface area contributed by atoms with E-state index in [-0.39, 0.29) is 5.91 Å². The summed E-state index contributed by atoms with van der Waals surface area (Å²) in [7, 11) is 0. The summed E-state index contributed by atoms with van der Waals surface area (Å²) in [4.78, 5) is 19.3. The maximum atomic E-state index is 12.7. The summed E-state index contributed by atoms with van der Waals surface area (Å²) in [6.07, 6.45) is 0. The van der Waals surface area contributed by atoms with Crippen LogP contribution >= 0.6 is 11.3 Å². The molecule has 1 aromatic carbocycles. The molecular weight excluding hydrogens is 318 g/mol. The average molecular weight is 339 g/mol. The van der Waals surface area contributed by atoms with E-state index >= 15 is 0 Å². The van der Waals surface area contributed by atoms with E-state index in [2.05, 4.69) is 11.0 Å². The van der Waals surface area contributed by atoms with Gasteiger partial charge in [-0.05, 0) is 37.6 Å². The molecule has 3 rings (SSSR count). The third-order valence-corrected chi connectivity index (χ3v) is 5.39. The Hall–Kier alpha value is -2.16. The van der Waals surface area contributed by atoms with Crippen LogP contribution in [0.25, 0.3) is 0 Å². The number of nitrogens with zero attached hydrogens (tertiary/aromatic N) is 3. The summed E-state index contributed by atoms with van der Waals surface area (Å²) in [6.45, 7) is 8.23. The van der Waals surface area contributed by atoms with Crippen molar-refractivity contribution in [3.8, 4) is 6.07 Å². The molecule has 24 heavy (non-hydrogen) atoms. The lowest BCUT2D eigenvalue weighted by Gasteiger charge is -2.34. The summed E-state index contributed by atoms with van der Waals surface area (Å²) in [5.74, 6) is 0.162. The zero-order valence-electron chi connectivity index (χ0n) is 14.1. The Kier molecular flexibility index (Phi) is 4.98. The van der Waals surface area contributed by atoms with Crippen LogP contribution in [0.5, 0.6) is 0 Å². The molecule has 124 valence electrons. The topological polar surface area (TPSA) is 47.3 Å². The molecule has 2 heterocycles. The van der Waals surface area contributed by atoms with Gasteiger partial charge in [-0.3, -0.25) is 9.69 Å². The molecule has 1 amide bonds. The summed E-state index contributed by atoms with van der Waals surface area (Å²) < 4.78 is 0.